The lowest BCUT2D eigenvalue weighted by molar-refractivity contribution is -0.127. The summed E-state index contributed by atoms with van der Waals surface area (Å²) in [5.41, 5.74) is 2.84. The minimum Gasteiger partial charge on any atom is -0.467 e. The van der Waals surface area contributed by atoms with Crippen molar-refractivity contribution < 1.29 is 18.4 Å². The normalized spacial score (nSPS) is 11.9. The molecule has 3 aromatic heterocycles. The second kappa shape index (κ2) is 9.91. The molecule has 0 saturated heterocycles. The predicted molar refractivity (Wildman–Crippen MR) is 133 cm³/mol. The Morgan fingerprint density at radius 2 is 1.81 bits per heavy atom. The Labute approximate surface area is 207 Å². The Hall–Kier alpha value is -4.66. The average Bonchev–Trinajstić information content (AvgIpc) is 3.64. The summed E-state index contributed by atoms with van der Waals surface area (Å²) in [5, 5.41) is 11.2. The SMILES string of the molecule is Cc1ccc([C@@H](C(=O)NCc2ccco2)N(C(=O)Cn2nnc3ccccc32)c2ccccc2C)o1. The van der Waals surface area contributed by atoms with Crippen molar-refractivity contribution in [2.45, 2.75) is 33.0 Å². The van der Waals surface area contributed by atoms with Gasteiger partial charge in [0.05, 0.1) is 18.3 Å². The van der Waals surface area contributed by atoms with Crippen LogP contribution in [0.15, 0.2) is 87.9 Å². The first-order valence-electron chi connectivity index (χ1n) is 11.5. The Morgan fingerprint density at radius 3 is 2.56 bits per heavy atom. The quantitative estimate of drug-likeness (QED) is 0.352. The van der Waals surface area contributed by atoms with Crippen LogP contribution in [-0.2, 0) is 22.7 Å². The van der Waals surface area contributed by atoms with Crippen LogP contribution in [0, 0.1) is 13.8 Å². The molecule has 5 aromatic rings. The van der Waals surface area contributed by atoms with E-state index < -0.39 is 11.9 Å². The van der Waals surface area contributed by atoms with Gasteiger partial charge >= 0.3 is 0 Å². The van der Waals surface area contributed by atoms with Crippen LogP contribution in [-0.4, -0.2) is 26.8 Å². The van der Waals surface area contributed by atoms with Gasteiger partial charge in [0.25, 0.3) is 5.91 Å². The zero-order chi connectivity index (χ0) is 25.1. The number of furan rings is 2. The highest BCUT2D eigenvalue weighted by molar-refractivity contribution is 6.01. The number of nitrogens with one attached hydrogen (secondary N) is 1. The van der Waals surface area contributed by atoms with E-state index in [9.17, 15) is 9.59 Å². The maximum Gasteiger partial charge on any atom is 0.251 e. The highest BCUT2D eigenvalue weighted by Crippen LogP contribution is 2.32. The monoisotopic (exact) mass is 483 g/mol. The first kappa shape index (κ1) is 23.1. The number of fused-ring (bicyclic) bond motifs is 1. The molecule has 9 nitrogen and oxygen atoms in total. The topological polar surface area (TPSA) is 106 Å². The second-order valence-corrected chi connectivity index (χ2v) is 8.43. The summed E-state index contributed by atoms with van der Waals surface area (Å²) in [5.74, 6) is 0.839. The van der Waals surface area contributed by atoms with Crippen LogP contribution in [0.1, 0.15) is 28.9 Å². The highest BCUT2D eigenvalue weighted by Gasteiger charge is 2.36. The fourth-order valence-corrected chi connectivity index (χ4v) is 4.15. The molecule has 5 rings (SSSR count). The largest absolute Gasteiger partial charge is 0.467 e. The molecular formula is C27H25N5O4. The number of rotatable bonds is 8. The van der Waals surface area contributed by atoms with Gasteiger partial charge < -0.3 is 14.2 Å². The van der Waals surface area contributed by atoms with Gasteiger partial charge in [0.15, 0.2) is 6.04 Å². The van der Waals surface area contributed by atoms with Crippen LogP contribution in [0.2, 0.25) is 0 Å². The van der Waals surface area contributed by atoms with Crippen molar-refractivity contribution in [1.82, 2.24) is 20.3 Å². The van der Waals surface area contributed by atoms with Gasteiger partial charge in [0.1, 0.15) is 29.3 Å². The van der Waals surface area contributed by atoms with Crippen LogP contribution in [0.3, 0.4) is 0 Å². The van der Waals surface area contributed by atoms with Crippen molar-refractivity contribution in [3.8, 4) is 0 Å². The van der Waals surface area contributed by atoms with Gasteiger partial charge in [-0.25, -0.2) is 4.68 Å². The first-order chi connectivity index (χ1) is 17.5. The number of carbonyl (C=O) groups is 2. The maximum atomic E-state index is 14.0. The molecule has 0 aliphatic carbocycles. The summed E-state index contributed by atoms with van der Waals surface area (Å²) in [7, 11) is 0. The molecule has 0 aliphatic rings. The summed E-state index contributed by atoms with van der Waals surface area (Å²) >= 11 is 0. The molecule has 9 heteroatoms. The molecule has 0 fully saturated rings. The predicted octanol–water partition coefficient (Wildman–Crippen LogP) is 4.33. The van der Waals surface area contributed by atoms with Crippen LogP contribution in [0.25, 0.3) is 11.0 Å². The van der Waals surface area contributed by atoms with Gasteiger partial charge in [-0.1, -0.05) is 35.5 Å². The molecule has 0 radical (unpaired) electrons. The molecule has 1 atom stereocenters. The zero-order valence-electron chi connectivity index (χ0n) is 19.9. The molecule has 0 spiro atoms. The minimum atomic E-state index is -1.06. The molecule has 36 heavy (non-hydrogen) atoms. The van der Waals surface area contributed by atoms with Crippen molar-refractivity contribution in [1.29, 1.82) is 0 Å². The molecule has 182 valence electrons. The zero-order valence-corrected chi connectivity index (χ0v) is 19.9. The number of para-hydroxylation sites is 2. The molecule has 0 aliphatic heterocycles. The number of carbonyl (C=O) groups excluding carboxylic acids is 2. The fraction of sp³-hybridized carbons (Fsp3) is 0.185. The number of anilines is 1. The molecular weight excluding hydrogens is 458 g/mol. The lowest BCUT2D eigenvalue weighted by Gasteiger charge is -2.31. The minimum absolute atomic E-state index is 0.115. The number of aryl methyl sites for hydroxylation is 2. The molecule has 1 N–H and O–H groups in total. The third-order valence-electron chi connectivity index (χ3n) is 5.90. The summed E-state index contributed by atoms with van der Waals surface area (Å²) < 4.78 is 12.8. The van der Waals surface area contributed by atoms with Crippen molar-refractivity contribution in [3.05, 3.63) is 102 Å². The molecule has 0 bridgehead atoms. The summed E-state index contributed by atoms with van der Waals surface area (Å²) in [4.78, 5) is 29.1. The summed E-state index contributed by atoms with van der Waals surface area (Å²) in [6, 6.07) is 20.8. The van der Waals surface area contributed by atoms with Crippen molar-refractivity contribution in [3.63, 3.8) is 0 Å². The molecule has 0 saturated carbocycles. The standard InChI is InChI=1S/C27H25N5O4/c1-18-8-3-5-11-22(18)32(25(33)17-31-23-12-6-4-10-21(23)29-30-31)26(24-14-13-19(2)36-24)27(34)28-16-20-9-7-15-35-20/h3-15,26H,16-17H2,1-2H3,(H,28,34)/t26-/m0/s1. The number of hydrogen-bond acceptors (Lipinski definition) is 6. The number of amides is 2. The van der Waals surface area contributed by atoms with E-state index in [2.05, 4.69) is 15.6 Å². The Balaban J connectivity index is 1.55. The van der Waals surface area contributed by atoms with Crippen molar-refractivity contribution in [2.24, 2.45) is 0 Å². The van der Waals surface area contributed by atoms with E-state index in [0.29, 0.717) is 28.5 Å². The molecule has 2 amide bonds. The van der Waals surface area contributed by atoms with E-state index in [1.165, 1.54) is 9.58 Å². The van der Waals surface area contributed by atoms with Gasteiger partial charge in [0, 0.05) is 5.69 Å². The Kier molecular flexibility index (Phi) is 6.36. The van der Waals surface area contributed by atoms with Gasteiger partial charge in [-0.15, -0.1) is 5.10 Å². The van der Waals surface area contributed by atoms with Crippen molar-refractivity contribution >= 4 is 28.5 Å². The average molecular weight is 484 g/mol. The van der Waals surface area contributed by atoms with E-state index in [-0.39, 0.29) is 19.0 Å². The number of nitrogens with zero attached hydrogens (tertiary/aromatic N) is 4. The van der Waals surface area contributed by atoms with Crippen LogP contribution < -0.4 is 10.2 Å². The van der Waals surface area contributed by atoms with Crippen LogP contribution in [0.4, 0.5) is 5.69 Å². The third kappa shape index (κ3) is 4.63. The van der Waals surface area contributed by atoms with Gasteiger partial charge in [-0.05, 0) is 61.9 Å². The van der Waals surface area contributed by atoms with E-state index in [1.807, 2.05) is 55.5 Å². The number of aromatic nitrogens is 3. The lowest BCUT2D eigenvalue weighted by Crippen LogP contribution is -2.45. The van der Waals surface area contributed by atoms with E-state index in [0.717, 1.165) is 11.1 Å². The fourth-order valence-electron chi connectivity index (χ4n) is 4.15. The molecule has 0 unspecified atom stereocenters. The molecule has 2 aromatic carbocycles. The van der Waals surface area contributed by atoms with Crippen LogP contribution in [0.5, 0.6) is 0 Å². The summed E-state index contributed by atoms with van der Waals surface area (Å²) in [6.07, 6.45) is 1.54. The smallest absolute Gasteiger partial charge is 0.251 e. The first-order valence-corrected chi connectivity index (χ1v) is 11.5. The highest BCUT2D eigenvalue weighted by atomic mass is 16.3. The van der Waals surface area contributed by atoms with Gasteiger partial charge in [-0.3, -0.25) is 14.5 Å². The Bertz CT molecular complexity index is 1500. The number of benzene rings is 2. The van der Waals surface area contributed by atoms with Gasteiger partial charge in [-0.2, -0.15) is 0 Å². The van der Waals surface area contributed by atoms with E-state index in [4.69, 9.17) is 8.83 Å². The maximum absolute atomic E-state index is 14.0. The van der Waals surface area contributed by atoms with Crippen LogP contribution >= 0.6 is 0 Å². The molecule has 3 heterocycles. The van der Waals surface area contributed by atoms with E-state index >= 15 is 0 Å². The van der Waals surface area contributed by atoms with Crippen molar-refractivity contribution in [2.75, 3.05) is 4.90 Å². The van der Waals surface area contributed by atoms with Gasteiger partial charge in [0.2, 0.25) is 5.91 Å². The third-order valence-corrected chi connectivity index (χ3v) is 5.90. The lowest BCUT2D eigenvalue weighted by atomic mass is 10.1. The second-order valence-electron chi connectivity index (χ2n) is 8.43. The van der Waals surface area contributed by atoms with E-state index in [1.54, 1.807) is 37.5 Å². The summed E-state index contributed by atoms with van der Waals surface area (Å²) in [6.45, 7) is 3.75. The Morgan fingerprint density at radius 1 is 1.00 bits per heavy atom. The number of hydrogen-bond donors (Lipinski definition) is 1.